The van der Waals surface area contributed by atoms with Crippen molar-refractivity contribution in [1.82, 2.24) is 5.43 Å². The molecule has 0 amide bonds. The normalized spacial score (nSPS) is 13.8. The predicted molar refractivity (Wildman–Crippen MR) is 61.2 cm³/mol. The molecule has 0 saturated heterocycles. The van der Waals surface area contributed by atoms with E-state index in [0.29, 0.717) is 5.56 Å². The summed E-state index contributed by atoms with van der Waals surface area (Å²) >= 11 is 0. The third kappa shape index (κ3) is 3.44. The highest BCUT2D eigenvalue weighted by molar-refractivity contribution is 5.34. The lowest BCUT2D eigenvalue weighted by Crippen LogP contribution is -2.28. The number of benzene rings is 1. The Hall–Kier alpha value is -1.07. The van der Waals surface area contributed by atoms with Gasteiger partial charge in [-0.15, -0.1) is 0 Å². The molecule has 0 spiro atoms. The Morgan fingerprint density at radius 2 is 2.00 bits per heavy atom. The van der Waals surface area contributed by atoms with E-state index in [1.807, 2.05) is 6.92 Å². The summed E-state index contributed by atoms with van der Waals surface area (Å²) in [6.07, 6.45) is -2.59. The molecular weight excluding hydrogens is 229 g/mol. The van der Waals surface area contributed by atoms with Crippen molar-refractivity contribution in [3.8, 4) is 0 Å². The monoisotopic (exact) mass is 246 g/mol. The molecule has 1 atom stereocenters. The smallest absolute Gasteiger partial charge is 0.271 e. The maximum absolute atomic E-state index is 12.5. The minimum atomic E-state index is -4.29. The summed E-state index contributed by atoms with van der Waals surface area (Å²) in [6, 6.07) is 3.66. The SMILES string of the molecule is CCCC(NN)c1ccc(C(F)(F)F)cc1C. The van der Waals surface area contributed by atoms with Gasteiger partial charge in [-0.2, -0.15) is 13.2 Å². The molecule has 0 bridgehead atoms. The lowest BCUT2D eigenvalue weighted by Gasteiger charge is -2.19. The second-order valence-electron chi connectivity index (χ2n) is 4.08. The van der Waals surface area contributed by atoms with Crippen molar-refractivity contribution in [2.24, 2.45) is 5.84 Å². The van der Waals surface area contributed by atoms with Gasteiger partial charge in [-0.1, -0.05) is 19.4 Å². The number of hydrogen-bond donors (Lipinski definition) is 2. The van der Waals surface area contributed by atoms with Crippen LogP contribution in [0.5, 0.6) is 0 Å². The van der Waals surface area contributed by atoms with Gasteiger partial charge in [-0.05, 0) is 36.6 Å². The molecule has 0 aliphatic heterocycles. The number of nitrogens with two attached hydrogens (primary N) is 1. The summed E-state index contributed by atoms with van der Waals surface area (Å²) in [7, 11) is 0. The number of aryl methyl sites for hydroxylation is 1. The Kier molecular flexibility index (Phi) is 4.54. The zero-order valence-electron chi connectivity index (χ0n) is 9.93. The molecule has 0 aliphatic rings. The Bertz CT molecular complexity index is 375. The zero-order valence-corrected chi connectivity index (χ0v) is 9.93. The van der Waals surface area contributed by atoms with E-state index in [0.717, 1.165) is 30.5 Å². The summed E-state index contributed by atoms with van der Waals surface area (Å²) in [5.74, 6) is 5.41. The molecule has 17 heavy (non-hydrogen) atoms. The molecule has 96 valence electrons. The van der Waals surface area contributed by atoms with E-state index >= 15 is 0 Å². The minimum Gasteiger partial charge on any atom is -0.271 e. The second kappa shape index (κ2) is 5.51. The number of alkyl halides is 3. The molecule has 0 aliphatic carbocycles. The molecule has 1 rings (SSSR count). The maximum Gasteiger partial charge on any atom is 0.416 e. The van der Waals surface area contributed by atoms with Crippen LogP contribution >= 0.6 is 0 Å². The number of nitrogens with one attached hydrogen (secondary N) is 1. The van der Waals surface area contributed by atoms with Gasteiger partial charge in [-0.3, -0.25) is 11.3 Å². The summed E-state index contributed by atoms with van der Waals surface area (Å²) in [6.45, 7) is 3.67. The molecule has 1 aromatic carbocycles. The summed E-state index contributed by atoms with van der Waals surface area (Å²) in [5, 5.41) is 0. The minimum absolute atomic E-state index is 0.0951. The predicted octanol–water partition coefficient (Wildman–Crippen LogP) is 3.32. The molecule has 0 fully saturated rings. The third-order valence-electron chi connectivity index (χ3n) is 2.75. The van der Waals surface area contributed by atoms with Crippen LogP contribution in [0, 0.1) is 6.92 Å². The van der Waals surface area contributed by atoms with E-state index < -0.39 is 11.7 Å². The van der Waals surface area contributed by atoms with Gasteiger partial charge in [0.2, 0.25) is 0 Å². The van der Waals surface area contributed by atoms with Gasteiger partial charge in [0.1, 0.15) is 0 Å². The molecule has 3 N–H and O–H groups in total. The average Bonchev–Trinajstić information content (AvgIpc) is 2.25. The molecule has 2 nitrogen and oxygen atoms in total. The largest absolute Gasteiger partial charge is 0.416 e. The molecule has 1 unspecified atom stereocenters. The first-order valence-electron chi connectivity index (χ1n) is 5.54. The van der Waals surface area contributed by atoms with E-state index in [4.69, 9.17) is 5.84 Å². The molecular formula is C12H17F3N2. The van der Waals surface area contributed by atoms with E-state index in [2.05, 4.69) is 5.43 Å². The van der Waals surface area contributed by atoms with Crippen molar-refractivity contribution < 1.29 is 13.2 Å². The Morgan fingerprint density at radius 1 is 1.35 bits per heavy atom. The number of rotatable bonds is 4. The first-order chi connectivity index (χ1) is 7.90. The van der Waals surface area contributed by atoms with E-state index in [9.17, 15) is 13.2 Å². The van der Waals surface area contributed by atoms with Crippen molar-refractivity contribution in [3.63, 3.8) is 0 Å². The topological polar surface area (TPSA) is 38.0 Å². The van der Waals surface area contributed by atoms with Gasteiger partial charge in [0, 0.05) is 6.04 Å². The zero-order chi connectivity index (χ0) is 13.1. The maximum atomic E-state index is 12.5. The van der Waals surface area contributed by atoms with Crippen LogP contribution in [0.25, 0.3) is 0 Å². The van der Waals surface area contributed by atoms with Crippen LogP contribution in [0.2, 0.25) is 0 Å². The summed E-state index contributed by atoms with van der Waals surface area (Å²) in [5.41, 5.74) is 3.45. The van der Waals surface area contributed by atoms with Crippen LogP contribution in [-0.2, 0) is 6.18 Å². The van der Waals surface area contributed by atoms with Crippen LogP contribution in [0.4, 0.5) is 13.2 Å². The highest BCUT2D eigenvalue weighted by Gasteiger charge is 2.30. The van der Waals surface area contributed by atoms with Crippen molar-refractivity contribution in [1.29, 1.82) is 0 Å². The molecule has 0 saturated carbocycles. The first-order valence-corrected chi connectivity index (χ1v) is 5.54. The average molecular weight is 246 g/mol. The molecule has 5 heteroatoms. The van der Waals surface area contributed by atoms with Crippen LogP contribution in [-0.4, -0.2) is 0 Å². The van der Waals surface area contributed by atoms with Crippen LogP contribution in [0.1, 0.15) is 42.5 Å². The van der Waals surface area contributed by atoms with Crippen LogP contribution in [0.15, 0.2) is 18.2 Å². The van der Waals surface area contributed by atoms with Crippen molar-refractivity contribution in [2.75, 3.05) is 0 Å². The third-order valence-corrected chi connectivity index (χ3v) is 2.75. The Morgan fingerprint density at radius 3 is 2.41 bits per heavy atom. The quantitative estimate of drug-likeness (QED) is 0.631. The molecule has 0 heterocycles. The van der Waals surface area contributed by atoms with Crippen molar-refractivity contribution in [3.05, 3.63) is 34.9 Å². The first kappa shape index (κ1) is 14.0. The van der Waals surface area contributed by atoms with Crippen molar-refractivity contribution >= 4 is 0 Å². The second-order valence-corrected chi connectivity index (χ2v) is 4.08. The van der Waals surface area contributed by atoms with Crippen LogP contribution < -0.4 is 11.3 Å². The van der Waals surface area contributed by atoms with E-state index in [-0.39, 0.29) is 6.04 Å². The fourth-order valence-electron chi connectivity index (χ4n) is 1.86. The fourth-order valence-corrected chi connectivity index (χ4v) is 1.86. The highest BCUT2D eigenvalue weighted by Crippen LogP contribution is 2.32. The molecule has 1 aromatic rings. The van der Waals surface area contributed by atoms with Gasteiger partial charge in [0.25, 0.3) is 0 Å². The fraction of sp³-hybridized carbons (Fsp3) is 0.500. The lowest BCUT2D eigenvalue weighted by atomic mass is 9.96. The molecule has 0 radical (unpaired) electrons. The van der Waals surface area contributed by atoms with Gasteiger partial charge >= 0.3 is 6.18 Å². The van der Waals surface area contributed by atoms with Gasteiger partial charge in [0.15, 0.2) is 0 Å². The summed E-state index contributed by atoms with van der Waals surface area (Å²) < 4.78 is 37.5. The van der Waals surface area contributed by atoms with Crippen LogP contribution in [0.3, 0.4) is 0 Å². The van der Waals surface area contributed by atoms with E-state index in [1.54, 1.807) is 6.92 Å². The van der Waals surface area contributed by atoms with Gasteiger partial charge in [0.05, 0.1) is 5.56 Å². The van der Waals surface area contributed by atoms with Gasteiger partial charge < -0.3 is 0 Å². The highest BCUT2D eigenvalue weighted by atomic mass is 19.4. The van der Waals surface area contributed by atoms with Gasteiger partial charge in [-0.25, -0.2) is 0 Å². The standard InChI is InChI=1S/C12H17F3N2/c1-3-4-11(17-16)10-6-5-9(7-8(10)2)12(13,14)15/h5-7,11,17H,3-4,16H2,1-2H3. The van der Waals surface area contributed by atoms with E-state index in [1.165, 1.54) is 6.07 Å². The summed E-state index contributed by atoms with van der Waals surface area (Å²) in [4.78, 5) is 0. The molecule has 0 aromatic heterocycles. The van der Waals surface area contributed by atoms with Crippen molar-refractivity contribution in [2.45, 2.75) is 38.9 Å². The number of hydrogen-bond acceptors (Lipinski definition) is 2. The Balaban J connectivity index is 3.04. The number of halogens is 3. The number of hydrazine groups is 1. The Labute approximate surface area is 99.0 Å². The lowest BCUT2D eigenvalue weighted by molar-refractivity contribution is -0.137.